The Labute approximate surface area is 105 Å². The summed E-state index contributed by atoms with van der Waals surface area (Å²) in [6, 6.07) is 0.0788. The van der Waals surface area contributed by atoms with Gasteiger partial charge in [-0.25, -0.2) is 0 Å². The van der Waals surface area contributed by atoms with Crippen molar-refractivity contribution in [2.24, 2.45) is 17.6 Å². The Morgan fingerprint density at radius 2 is 2.06 bits per heavy atom. The first-order chi connectivity index (χ1) is 7.92. The third-order valence-corrected chi connectivity index (χ3v) is 4.65. The lowest BCUT2D eigenvalue weighted by Crippen LogP contribution is -2.51. The highest BCUT2D eigenvalue weighted by atomic mass is 16.2. The van der Waals surface area contributed by atoms with E-state index in [1.165, 1.54) is 6.42 Å². The predicted octanol–water partition coefficient (Wildman–Crippen LogP) is 2.15. The van der Waals surface area contributed by atoms with Gasteiger partial charge in [-0.1, -0.05) is 6.92 Å². The van der Waals surface area contributed by atoms with E-state index in [1.807, 2.05) is 0 Å². The van der Waals surface area contributed by atoms with E-state index in [4.69, 9.17) is 5.73 Å². The standard InChI is InChI=1S/C14H26N2O/c1-10-5-6-12(15)11(9-10)13(17)16-8-4-7-14(16,2)3/h10-12H,4-9,15H2,1-3H3. The highest BCUT2D eigenvalue weighted by molar-refractivity contribution is 5.80. The first-order valence-electron chi connectivity index (χ1n) is 6.99. The van der Waals surface area contributed by atoms with E-state index in [1.54, 1.807) is 0 Å². The Bertz CT molecular complexity index is 301. The molecular weight excluding hydrogens is 212 g/mol. The van der Waals surface area contributed by atoms with Gasteiger partial charge in [0.1, 0.15) is 0 Å². The lowest BCUT2D eigenvalue weighted by atomic mass is 9.78. The number of nitrogens with two attached hydrogens (primary N) is 1. The highest BCUT2D eigenvalue weighted by Crippen LogP contribution is 2.34. The Morgan fingerprint density at radius 1 is 1.35 bits per heavy atom. The summed E-state index contributed by atoms with van der Waals surface area (Å²) >= 11 is 0. The molecule has 3 unspecified atom stereocenters. The minimum atomic E-state index is 0.0392. The largest absolute Gasteiger partial charge is 0.337 e. The van der Waals surface area contributed by atoms with Crippen molar-refractivity contribution in [2.45, 2.75) is 64.5 Å². The van der Waals surface area contributed by atoms with E-state index >= 15 is 0 Å². The first-order valence-corrected chi connectivity index (χ1v) is 6.99. The summed E-state index contributed by atoms with van der Waals surface area (Å²) in [6.45, 7) is 7.51. The molecule has 1 aliphatic heterocycles. The van der Waals surface area contributed by atoms with Crippen LogP contribution in [0.4, 0.5) is 0 Å². The van der Waals surface area contributed by atoms with Gasteiger partial charge in [0, 0.05) is 18.1 Å². The lowest BCUT2D eigenvalue weighted by Gasteiger charge is -2.39. The maximum absolute atomic E-state index is 12.6. The van der Waals surface area contributed by atoms with Gasteiger partial charge in [-0.15, -0.1) is 0 Å². The van der Waals surface area contributed by atoms with Gasteiger partial charge >= 0.3 is 0 Å². The van der Waals surface area contributed by atoms with Crippen LogP contribution in [-0.4, -0.2) is 28.9 Å². The van der Waals surface area contributed by atoms with Gasteiger partial charge in [0.05, 0.1) is 5.92 Å². The quantitative estimate of drug-likeness (QED) is 0.761. The van der Waals surface area contributed by atoms with Gasteiger partial charge in [-0.3, -0.25) is 4.79 Å². The number of hydrogen-bond donors (Lipinski definition) is 1. The Balaban J connectivity index is 2.08. The van der Waals surface area contributed by atoms with Crippen LogP contribution in [-0.2, 0) is 4.79 Å². The van der Waals surface area contributed by atoms with E-state index in [-0.39, 0.29) is 17.5 Å². The van der Waals surface area contributed by atoms with Gasteiger partial charge in [-0.2, -0.15) is 0 Å². The first kappa shape index (κ1) is 12.9. The smallest absolute Gasteiger partial charge is 0.227 e. The molecule has 2 fully saturated rings. The van der Waals surface area contributed by atoms with Crippen LogP contribution >= 0.6 is 0 Å². The second-order valence-corrected chi connectivity index (χ2v) is 6.59. The lowest BCUT2D eigenvalue weighted by molar-refractivity contribution is -0.140. The molecule has 98 valence electrons. The molecule has 2 rings (SSSR count). The fourth-order valence-corrected chi connectivity index (χ4v) is 3.40. The summed E-state index contributed by atoms with van der Waals surface area (Å²) in [7, 11) is 0. The third-order valence-electron chi connectivity index (χ3n) is 4.65. The van der Waals surface area contributed by atoms with Crippen molar-refractivity contribution < 1.29 is 4.79 Å². The molecule has 0 spiro atoms. The van der Waals surface area contributed by atoms with Crippen LogP contribution in [0, 0.1) is 11.8 Å². The molecular formula is C14H26N2O. The zero-order valence-corrected chi connectivity index (χ0v) is 11.4. The van der Waals surface area contributed by atoms with Crippen molar-refractivity contribution in [1.29, 1.82) is 0 Å². The second-order valence-electron chi connectivity index (χ2n) is 6.59. The number of carbonyl (C=O) groups excluding carboxylic acids is 1. The summed E-state index contributed by atoms with van der Waals surface area (Å²) < 4.78 is 0. The van der Waals surface area contributed by atoms with Gasteiger partial charge in [0.25, 0.3) is 0 Å². The molecule has 0 aromatic carbocycles. The number of amides is 1. The van der Waals surface area contributed by atoms with Gasteiger partial charge in [0.2, 0.25) is 5.91 Å². The van der Waals surface area contributed by atoms with E-state index in [0.717, 1.165) is 32.2 Å². The number of rotatable bonds is 1. The maximum atomic E-state index is 12.6. The predicted molar refractivity (Wildman–Crippen MR) is 69.5 cm³/mol. The molecule has 3 nitrogen and oxygen atoms in total. The summed E-state index contributed by atoms with van der Waals surface area (Å²) in [5, 5.41) is 0. The van der Waals surface area contributed by atoms with Crippen molar-refractivity contribution in [3.63, 3.8) is 0 Å². The number of nitrogens with zero attached hydrogens (tertiary/aromatic N) is 1. The highest BCUT2D eigenvalue weighted by Gasteiger charge is 2.41. The number of likely N-dealkylation sites (tertiary alicyclic amines) is 1. The fraction of sp³-hybridized carbons (Fsp3) is 0.929. The van der Waals surface area contributed by atoms with Crippen molar-refractivity contribution in [3.05, 3.63) is 0 Å². The SMILES string of the molecule is CC1CCC(N)C(C(=O)N2CCCC2(C)C)C1. The van der Waals surface area contributed by atoms with Gasteiger partial charge in [0.15, 0.2) is 0 Å². The molecule has 0 aromatic rings. The number of hydrogen-bond acceptors (Lipinski definition) is 2. The van der Waals surface area contributed by atoms with E-state index in [0.29, 0.717) is 11.8 Å². The average Bonchev–Trinajstić information content (AvgIpc) is 2.61. The summed E-state index contributed by atoms with van der Waals surface area (Å²) in [4.78, 5) is 14.7. The van der Waals surface area contributed by atoms with E-state index in [2.05, 4.69) is 25.7 Å². The topological polar surface area (TPSA) is 46.3 Å². The van der Waals surface area contributed by atoms with Crippen LogP contribution in [0.3, 0.4) is 0 Å². The zero-order valence-electron chi connectivity index (χ0n) is 11.4. The molecule has 1 saturated carbocycles. The van der Waals surface area contributed by atoms with Crippen LogP contribution in [0.5, 0.6) is 0 Å². The summed E-state index contributed by atoms with van der Waals surface area (Å²) in [5.41, 5.74) is 6.19. The van der Waals surface area contributed by atoms with E-state index < -0.39 is 0 Å². The van der Waals surface area contributed by atoms with Crippen LogP contribution in [0.2, 0.25) is 0 Å². The fourth-order valence-electron chi connectivity index (χ4n) is 3.40. The van der Waals surface area contributed by atoms with E-state index in [9.17, 15) is 4.79 Å². The van der Waals surface area contributed by atoms with Crippen LogP contribution in [0.25, 0.3) is 0 Å². The monoisotopic (exact) mass is 238 g/mol. The van der Waals surface area contributed by atoms with Crippen LogP contribution in [0.15, 0.2) is 0 Å². The minimum Gasteiger partial charge on any atom is -0.337 e. The average molecular weight is 238 g/mol. The molecule has 1 saturated heterocycles. The molecule has 3 atom stereocenters. The molecule has 3 heteroatoms. The molecule has 1 heterocycles. The normalized spacial score (nSPS) is 37.2. The Kier molecular flexibility index (Phi) is 3.48. The van der Waals surface area contributed by atoms with Gasteiger partial charge in [-0.05, 0) is 51.9 Å². The third kappa shape index (κ3) is 2.49. The van der Waals surface area contributed by atoms with Crippen molar-refractivity contribution in [2.75, 3.05) is 6.54 Å². The Hall–Kier alpha value is -0.570. The van der Waals surface area contributed by atoms with Gasteiger partial charge < -0.3 is 10.6 Å². The van der Waals surface area contributed by atoms with Crippen LogP contribution in [0.1, 0.15) is 52.9 Å². The molecule has 2 N–H and O–H groups in total. The Morgan fingerprint density at radius 3 is 2.65 bits per heavy atom. The van der Waals surface area contributed by atoms with Crippen molar-refractivity contribution in [3.8, 4) is 0 Å². The minimum absolute atomic E-state index is 0.0392. The molecule has 1 aliphatic carbocycles. The molecule has 1 amide bonds. The summed E-state index contributed by atoms with van der Waals surface area (Å²) in [5.74, 6) is 1.03. The second kappa shape index (κ2) is 4.60. The molecule has 2 aliphatic rings. The van der Waals surface area contributed by atoms with Crippen molar-refractivity contribution in [1.82, 2.24) is 4.90 Å². The molecule has 0 radical (unpaired) electrons. The zero-order chi connectivity index (χ0) is 12.6. The summed E-state index contributed by atoms with van der Waals surface area (Å²) in [6.07, 6.45) is 5.42. The molecule has 0 bridgehead atoms. The molecule has 17 heavy (non-hydrogen) atoms. The number of carbonyl (C=O) groups is 1. The van der Waals surface area contributed by atoms with Crippen molar-refractivity contribution >= 4 is 5.91 Å². The van der Waals surface area contributed by atoms with Crippen LogP contribution < -0.4 is 5.73 Å². The molecule has 0 aromatic heterocycles. The maximum Gasteiger partial charge on any atom is 0.227 e.